The minimum atomic E-state index is 0.946. The minimum absolute atomic E-state index is 0.946. The highest BCUT2D eigenvalue weighted by molar-refractivity contribution is 4.97. The third-order valence-electron chi connectivity index (χ3n) is 2.78. The van der Waals surface area contributed by atoms with E-state index in [2.05, 4.69) is 28.7 Å². The van der Waals surface area contributed by atoms with Crippen LogP contribution < -0.4 is 5.32 Å². The van der Waals surface area contributed by atoms with Crippen LogP contribution in [0.4, 0.5) is 0 Å². The maximum absolute atomic E-state index is 4.22. The number of nitrogens with zero attached hydrogens (tertiary/aromatic N) is 2. The lowest BCUT2D eigenvalue weighted by Crippen LogP contribution is -2.16. The Bertz CT molecular complexity index is 268. The molecule has 0 saturated heterocycles. The molecule has 16 heavy (non-hydrogen) atoms. The molecule has 0 bridgehead atoms. The van der Waals surface area contributed by atoms with Crippen molar-refractivity contribution in [2.75, 3.05) is 6.54 Å². The Morgan fingerprint density at radius 3 is 2.81 bits per heavy atom. The van der Waals surface area contributed by atoms with Crippen LogP contribution in [0.1, 0.15) is 51.6 Å². The molecule has 1 aromatic heterocycles. The summed E-state index contributed by atoms with van der Waals surface area (Å²) in [5, 5.41) is 3.42. The molecule has 3 nitrogen and oxygen atoms in total. The number of aryl methyl sites for hydroxylation is 1. The van der Waals surface area contributed by atoms with Gasteiger partial charge in [-0.25, -0.2) is 4.98 Å². The highest BCUT2D eigenvalue weighted by Crippen LogP contribution is 2.05. The van der Waals surface area contributed by atoms with E-state index in [1.54, 1.807) is 0 Å². The van der Waals surface area contributed by atoms with Gasteiger partial charge in [0.15, 0.2) is 0 Å². The van der Waals surface area contributed by atoms with E-state index in [9.17, 15) is 0 Å². The topological polar surface area (TPSA) is 29.9 Å². The summed E-state index contributed by atoms with van der Waals surface area (Å²) in [5.74, 6) is 0. The van der Waals surface area contributed by atoms with Crippen LogP contribution in [0.3, 0.4) is 0 Å². The fourth-order valence-corrected chi connectivity index (χ4v) is 1.80. The second-order valence-electron chi connectivity index (χ2n) is 4.32. The van der Waals surface area contributed by atoms with Crippen LogP contribution in [-0.4, -0.2) is 16.1 Å². The smallest absolute Gasteiger partial charge is 0.0948 e. The van der Waals surface area contributed by atoms with Crippen LogP contribution >= 0.6 is 0 Å². The Kier molecular flexibility index (Phi) is 6.90. The summed E-state index contributed by atoms with van der Waals surface area (Å²) in [6.45, 7) is 7.58. The SMILES string of the molecule is CCCCCCn1cncc1CNCCC. The van der Waals surface area contributed by atoms with Crippen molar-refractivity contribution in [3.8, 4) is 0 Å². The average Bonchev–Trinajstić information content (AvgIpc) is 2.73. The van der Waals surface area contributed by atoms with Crippen molar-refractivity contribution >= 4 is 0 Å². The van der Waals surface area contributed by atoms with Gasteiger partial charge in [0.2, 0.25) is 0 Å². The van der Waals surface area contributed by atoms with Crippen molar-refractivity contribution in [1.82, 2.24) is 14.9 Å². The fourth-order valence-electron chi connectivity index (χ4n) is 1.80. The van der Waals surface area contributed by atoms with Gasteiger partial charge in [0, 0.05) is 19.3 Å². The van der Waals surface area contributed by atoms with E-state index in [-0.39, 0.29) is 0 Å². The van der Waals surface area contributed by atoms with Crippen molar-refractivity contribution in [1.29, 1.82) is 0 Å². The summed E-state index contributed by atoms with van der Waals surface area (Å²) in [6, 6.07) is 0. The number of unbranched alkanes of at least 4 members (excludes halogenated alkanes) is 3. The molecule has 1 N–H and O–H groups in total. The standard InChI is InChI=1S/C13H25N3/c1-3-5-6-7-9-16-12-15-11-13(16)10-14-8-4-2/h11-12,14H,3-10H2,1-2H3. The van der Waals surface area contributed by atoms with Crippen molar-refractivity contribution < 1.29 is 0 Å². The zero-order chi connectivity index (χ0) is 11.6. The average molecular weight is 223 g/mol. The predicted molar refractivity (Wildman–Crippen MR) is 68.4 cm³/mol. The maximum atomic E-state index is 4.22. The molecule has 0 atom stereocenters. The lowest BCUT2D eigenvalue weighted by Gasteiger charge is -2.08. The molecule has 0 aliphatic heterocycles. The van der Waals surface area contributed by atoms with Crippen molar-refractivity contribution in [3.05, 3.63) is 18.2 Å². The molecule has 0 aliphatic rings. The van der Waals surface area contributed by atoms with Gasteiger partial charge < -0.3 is 9.88 Å². The van der Waals surface area contributed by atoms with Crippen LogP contribution in [0.5, 0.6) is 0 Å². The first kappa shape index (κ1) is 13.2. The first-order valence-electron chi connectivity index (χ1n) is 6.58. The molecule has 92 valence electrons. The van der Waals surface area contributed by atoms with Gasteiger partial charge in [-0.05, 0) is 19.4 Å². The number of hydrogen-bond acceptors (Lipinski definition) is 2. The maximum Gasteiger partial charge on any atom is 0.0948 e. The number of hydrogen-bond donors (Lipinski definition) is 1. The molecule has 3 heteroatoms. The Morgan fingerprint density at radius 1 is 1.19 bits per heavy atom. The summed E-state index contributed by atoms with van der Waals surface area (Å²) in [7, 11) is 0. The number of aromatic nitrogens is 2. The summed E-state index contributed by atoms with van der Waals surface area (Å²) in [5.41, 5.74) is 1.31. The van der Waals surface area contributed by atoms with Crippen molar-refractivity contribution in [2.45, 2.75) is 59.0 Å². The van der Waals surface area contributed by atoms with E-state index in [1.165, 1.54) is 37.8 Å². The first-order chi connectivity index (χ1) is 7.88. The van der Waals surface area contributed by atoms with E-state index < -0.39 is 0 Å². The Labute approximate surface area is 99.3 Å². The predicted octanol–water partition coefficient (Wildman–Crippen LogP) is 2.96. The molecule has 1 aromatic rings. The van der Waals surface area contributed by atoms with E-state index in [0.717, 1.165) is 19.6 Å². The molecular formula is C13H25N3. The van der Waals surface area contributed by atoms with Crippen molar-refractivity contribution in [3.63, 3.8) is 0 Å². The van der Waals surface area contributed by atoms with E-state index in [4.69, 9.17) is 0 Å². The van der Waals surface area contributed by atoms with Gasteiger partial charge in [0.25, 0.3) is 0 Å². The summed E-state index contributed by atoms with van der Waals surface area (Å²) >= 11 is 0. The van der Waals surface area contributed by atoms with Gasteiger partial charge in [-0.2, -0.15) is 0 Å². The number of imidazole rings is 1. The van der Waals surface area contributed by atoms with Gasteiger partial charge in [0.05, 0.1) is 12.0 Å². The Morgan fingerprint density at radius 2 is 2.06 bits per heavy atom. The zero-order valence-corrected chi connectivity index (χ0v) is 10.7. The largest absolute Gasteiger partial charge is 0.333 e. The van der Waals surface area contributed by atoms with Crippen LogP contribution in [-0.2, 0) is 13.1 Å². The van der Waals surface area contributed by atoms with Crippen LogP contribution in [0.15, 0.2) is 12.5 Å². The molecule has 0 unspecified atom stereocenters. The second kappa shape index (κ2) is 8.34. The van der Waals surface area contributed by atoms with E-state index in [1.807, 2.05) is 12.5 Å². The van der Waals surface area contributed by atoms with Gasteiger partial charge in [-0.1, -0.05) is 33.1 Å². The second-order valence-corrected chi connectivity index (χ2v) is 4.32. The zero-order valence-electron chi connectivity index (χ0n) is 10.7. The van der Waals surface area contributed by atoms with Crippen LogP contribution in [0.25, 0.3) is 0 Å². The van der Waals surface area contributed by atoms with Crippen LogP contribution in [0.2, 0.25) is 0 Å². The van der Waals surface area contributed by atoms with Gasteiger partial charge in [-0.3, -0.25) is 0 Å². The third-order valence-corrected chi connectivity index (χ3v) is 2.78. The van der Waals surface area contributed by atoms with Crippen molar-refractivity contribution in [2.24, 2.45) is 0 Å². The van der Waals surface area contributed by atoms with Gasteiger partial charge in [0.1, 0.15) is 0 Å². The molecule has 0 aromatic carbocycles. The molecule has 0 radical (unpaired) electrons. The Hall–Kier alpha value is -0.830. The molecule has 1 rings (SSSR count). The normalized spacial score (nSPS) is 10.9. The molecule has 0 amide bonds. The minimum Gasteiger partial charge on any atom is -0.333 e. The molecule has 0 aliphatic carbocycles. The van der Waals surface area contributed by atoms with Gasteiger partial charge in [-0.15, -0.1) is 0 Å². The summed E-state index contributed by atoms with van der Waals surface area (Å²) in [6.07, 6.45) is 10.4. The first-order valence-corrected chi connectivity index (χ1v) is 6.58. The summed E-state index contributed by atoms with van der Waals surface area (Å²) < 4.78 is 2.28. The quantitative estimate of drug-likeness (QED) is 0.652. The fraction of sp³-hybridized carbons (Fsp3) is 0.769. The Balaban J connectivity index is 2.26. The highest BCUT2D eigenvalue weighted by Gasteiger charge is 2.00. The molecule has 0 saturated carbocycles. The monoisotopic (exact) mass is 223 g/mol. The highest BCUT2D eigenvalue weighted by atomic mass is 15.1. The number of nitrogens with one attached hydrogen (secondary N) is 1. The number of rotatable bonds is 9. The molecule has 1 heterocycles. The van der Waals surface area contributed by atoms with E-state index >= 15 is 0 Å². The summed E-state index contributed by atoms with van der Waals surface area (Å²) in [4.78, 5) is 4.22. The molecule has 0 spiro atoms. The lowest BCUT2D eigenvalue weighted by molar-refractivity contribution is 0.552. The molecule has 0 fully saturated rings. The van der Waals surface area contributed by atoms with Crippen LogP contribution in [0, 0.1) is 0 Å². The lowest BCUT2D eigenvalue weighted by atomic mass is 10.2. The third kappa shape index (κ3) is 4.79. The van der Waals surface area contributed by atoms with E-state index in [0.29, 0.717) is 0 Å². The molecular weight excluding hydrogens is 198 g/mol. The van der Waals surface area contributed by atoms with Gasteiger partial charge >= 0.3 is 0 Å².